The maximum Gasteiger partial charge on any atom is 0.104 e. The minimum Gasteiger partial charge on any atom is -0.240 e. The van der Waals surface area contributed by atoms with Crippen LogP contribution in [0.3, 0.4) is 0 Å². The summed E-state index contributed by atoms with van der Waals surface area (Å²) in [6.45, 7) is 1.75. The summed E-state index contributed by atoms with van der Waals surface area (Å²) in [6, 6.07) is 0. The minimum absolute atomic E-state index is 0.863. The SMILES string of the molecule is CS(=N)(=O)N1CCC(C2CCC2)CC1. The second kappa shape index (κ2) is 3.81. The zero-order valence-electron chi connectivity index (χ0n) is 8.87. The van der Waals surface area contributed by atoms with E-state index >= 15 is 0 Å². The van der Waals surface area contributed by atoms with Crippen molar-refractivity contribution in [3.63, 3.8) is 0 Å². The Balaban J connectivity index is 1.85. The third-order valence-corrected chi connectivity index (χ3v) is 5.16. The van der Waals surface area contributed by atoms with Gasteiger partial charge in [0.1, 0.15) is 9.92 Å². The molecule has 0 aromatic heterocycles. The number of hydrogen-bond donors (Lipinski definition) is 1. The van der Waals surface area contributed by atoms with Gasteiger partial charge in [0.05, 0.1) is 0 Å². The lowest BCUT2D eigenvalue weighted by Gasteiger charge is -2.39. The summed E-state index contributed by atoms with van der Waals surface area (Å²) in [6.07, 6.45) is 8.09. The van der Waals surface area contributed by atoms with Crippen LogP contribution in [-0.2, 0) is 9.92 Å². The van der Waals surface area contributed by atoms with Crippen molar-refractivity contribution in [1.82, 2.24) is 4.31 Å². The molecule has 3 nitrogen and oxygen atoms in total. The Morgan fingerprint density at radius 3 is 2.00 bits per heavy atom. The van der Waals surface area contributed by atoms with Crippen LogP contribution in [0.2, 0.25) is 0 Å². The molecule has 0 aromatic rings. The fourth-order valence-corrected chi connectivity index (χ4v) is 3.51. The van der Waals surface area contributed by atoms with Crippen LogP contribution in [0.15, 0.2) is 0 Å². The van der Waals surface area contributed by atoms with Gasteiger partial charge in [-0.25, -0.2) is 13.3 Å². The molecule has 1 heterocycles. The third-order valence-electron chi connectivity index (χ3n) is 3.81. The summed E-state index contributed by atoms with van der Waals surface area (Å²) in [5.74, 6) is 1.82. The Kier molecular flexibility index (Phi) is 2.84. The van der Waals surface area contributed by atoms with Gasteiger partial charge in [-0.15, -0.1) is 0 Å². The Bertz CT molecular complexity index is 287. The average Bonchev–Trinajstić information content (AvgIpc) is 2.00. The van der Waals surface area contributed by atoms with Gasteiger partial charge in [-0.05, 0) is 24.7 Å². The van der Waals surface area contributed by atoms with Gasteiger partial charge in [0.2, 0.25) is 0 Å². The van der Waals surface area contributed by atoms with Gasteiger partial charge in [0.25, 0.3) is 0 Å². The molecule has 1 saturated heterocycles. The Hall–Kier alpha value is -0.0900. The highest BCUT2D eigenvalue weighted by molar-refractivity contribution is 7.89. The fraction of sp³-hybridized carbons (Fsp3) is 1.00. The summed E-state index contributed by atoms with van der Waals surface area (Å²) in [5, 5.41) is 0. The second-order valence-corrected chi connectivity index (χ2v) is 6.88. The van der Waals surface area contributed by atoms with Crippen molar-refractivity contribution in [3.8, 4) is 0 Å². The lowest BCUT2D eigenvalue weighted by atomic mass is 9.72. The first-order valence-corrected chi connectivity index (χ1v) is 7.48. The molecule has 1 unspecified atom stereocenters. The molecule has 82 valence electrons. The second-order valence-electron chi connectivity index (χ2n) is 4.76. The van der Waals surface area contributed by atoms with E-state index in [1.807, 2.05) is 4.31 Å². The lowest BCUT2D eigenvalue weighted by molar-refractivity contribution is 0.144. The van der Waals surface area contributed by atoms with Crippen molar-refractivity contribution in [2.45, 2.75) is 32.1 Å². The molecule has 1 atom stereocenters. The van der Waals surface area contributed by atoms with Crippen LogP contribution in [0, 0.1) is 16.6 Å². The highest BCUT2D eigenvalue weighted by Gasteiger charge is 2.31. The normalized spacial score (nSPS) is 30.9. The molecule has 0 radical (unpaired) electrons. The summed E-state index contributed by atoms with van der Waals surface area (Å²) in [4.78, 5) is 0. The van der Waals surface area contributed by atoms with Gasteiger partial charge >= 0.3 is 0 Å². The van der Waals surface area contributed by atoms with E-state index in [0.717, 1.165) is 37.8 Å². The molecule has 14 heavy (non-hydrogen) atoms. The smallest absolute Gasteiger partial charge is 0.104 e. The highest BCUT2D eigenvalue weighted by Crippen LogP contribution is 2.38. The molecular weight excluding hydrogens is 196 g/mol. The van der Waals surface area contributed by atoms with Gasteiger partial charge in [0.15, 0.2) is 0 Å². The molecule has 0 spiro atoms. The predicted octanol–water partition coefficient (Wildman–Crippen LogP) is 2.09. The van der Waals surface area contributed by atoms with Gasteiger partial charge in [-0.1, -0.05) is 19.3 Å². The molecule has 1 aliphatic carbocycles. The lowest BCUT2D eigenvalue weighted by Crippen LogP contribution is -2.40. The van der Waals surface area contributed by atoms with Crippen LogP contribution in [0.1, 0.15) is 32.1 Å². The van der Waals surface area contributed by atoms with Gasteiger partial charge in [-0.2, -0.15) is 0 Å². The van der Waals surface area contributed by atoms with E-state index in [1.54, 1.807) is 0 Å². The number of piperidine rings is 1. The molecule has 2 fully saturated rings. The summed E-state index contributed by atoms with van der Waals surface area (Å²) in [7, 11) is -2.43. The zero-order chi connectivity index (χ0) is 10.2. The maximum absolute atomic E-state index is 11.5. The molecule has 4 heteroatoms. The highest BCUT2D eigenvalue weighted by atomic mass is 32.2. The maximum atomic E-state index is 11.5. The van der Waals surface area contributed by atoms with E-state index in [1.165, 1.54) is 25.5 Å². The number of nitrogens with one attached hydrogen (secondary N) is 1. The van der Waals surface area contributed by atoms with Crippen LogP contribution < -0.4 is 0 Å². The van der Waals surface area contributed by atoms with Crippen molar-refractivity contribution in [3.05, 3.63) is 0 Å². The summed E-state index contributed by atoms with van der Waals surface area (Å²) < 4.78 is 20.9. The molecule has 1 saturated carbocycles. The summed E-state index contributed by atoms with van der Waals surface area (Å²) in [5.41, 5.74) is 0. The van der Waals surface area contributed by atoms with Crippen molar-refractivity contribution >= 4 is 9.92 Å². The third kappa shape index (κ3) is 2.11. The van der Waals surface area contributed by atoms with E-state index in [4.69, 9.17) is 4.78 Å². The van der Waals surface area contributed by atoms with E-state index in [-0.39, 0.29) is 0 Å². The largest absolute Gasteiger partial charge is 0.240 e. The van der Waals surface area contributed by atoms with E-state index < -0.39 is 9.92 Å². The predicted molar refractivity (Wildman–Crippen MR) is 58.4 cm³/mol. The van der Waals surface area contributed by atoms with Crippen LogP contribution in [-0.4, -0.2) is 27.9 Å². The molecular formula is C10H20N2OS. The first-order chi connectivity index (χ1) is 6.57. The standard InChI is InChI=1S/C10H20N2OS/c1-14(11,13)12-7-5-10(6-8-12)9-3-2-4-9/h9-11H,2-8H2,1H3. The number of hydrogen-bond acceptors (Lipinski definition) is 2. The Labute approximate surface area is 87.0 Å². The van der Waals surface area contributed by atoms with Gasteiger partial charge < -0.3 is 0 Å². The molecule has 2 rings (SSSR count). The van der Waals surface area contributed by atoms with Crippen molar-refractivity contribution in [2.75, 3.05) is 19.3 Å². The van der Waals surface area contributed by atoms with E-state index in [9.17, 15) is 4.21 Å². The topological polar surface area (TPSA) is 44.2 Å². The molecule has 1 aliphatic heterocycles. The quantitative estimate of drug-likeness (QED) is 0.754. The van der Waals surface area contributed by atoms with Crippen LogP contribution in [0.5, 0.6) is 0 Å². The number of rotatable bonds is 2. The van der Waals surface area contributed by atoms with Crippen LogP contribution in [0.4, 0.5) is 0 Å². The first kappa shape index (κ1) is 10.4. The molecule has 0 bridgehead atoms. The Morgan fingerprint density at radius 2 is 1.64 bits per heavy atom. The molecule has 1 N–H and O–H groups in total. The Morgan fingerprint density at radius 1 is 1.14 bits per heavy atom. The van der Waals surface area contributed by atoms with Gasteiger partial charge in [0, 0.05) is 19.3 Å². The van der Waals surface area contributed by atoms with E-state index in [0.29, 0.717) is 0 Å². The minimum atomic E-state index is -2.43. The zero-order valence-corrected chi connectivity index (χ0v) is 9.68. The monoisotopic (exact) mass is 216 g/mol. The average molecular weight is 216 g/mol. The van der Waals surface area contributed by atoms with Crippen LogP contribution >= 0.6 is 0 Å². The summed E-state index contributed by atoms with van der Waals surface area (Å²) >= 11 is 0. The van der Waals surface area contributed by atoms with Crippen molar-refractivity contribution < 1.29 is 4.21 Å². The van der Waals surface area contributed by atoms with Crippen molar-refractivity contribution in [2.24, 2.45) is 11.8 Å². The van der Waals surface area contributed by atoms with Crippen molar-refractivity contribution in [1.29, 1.82) is 4.78 Å². The molecule has 2 aliphatic rings. The van der Waals surface area contributed by atoms with E-state index in [2.05, 4.69) is 0 Å². The first-order valence-electron chi connectivity index (χ1n) is 5.56. The molecule has 0 amide bonds. The molecule has 0 aromatic carbocycles. The fourth-order valence-electron chi connectivity index (χ4n) is 2.61. The van der Waals surface area contributed by atoms with Crippen LogP contribution in [0.25, 0.3) is 0 Å². The van der Waals surface area contributed by atoms with Gasteiger partial charge in [-0.3, -0.25) is 0 Å². The number of nitrogens with zero attached hydrogens (tertiary/aromatic N) is 1.